The number of hydrogen-bond acceptors (Lipinski definition) is 2. The number of nitrogens with zero attached hydrogens (tertiary/aromatic N) is 1. The Bertz CT molecular complexity index is 234. The molecule has 1 atom stereocenters. The molecule has 1 fully saturated rings. The van der Waals surface area contributed by atoms with Crippen molar-refractivity contribution in [2.45, 2.75) is 31.9 Å². The summed E-state index contributed by atoms with van der Waals surface area (Å²) in [7, 11) is 1.57. The van der Waals surface area contributed by atoms with Crippen LogP contribution in [0.15, 0.2) is 24.5 Å². The van der Waals surface area contributed by atoms with Crippen LogP contribution in [-0.4, -0.2) is 37.8 Å². The van der Waals surface area contributed by atoms with Crippen LogP contribution >= 0.6 is 0 Å². The molecule has 0 aliphatic carbocycles. The van der Waals surface area contributed by atoms with E-state index in [0.29, 0.717) is 13.0 Å². The molecule has 1 aliphatic heterocycles. The third-order valence-electron chi connectivity index (χ3n) is 2.90. The Morgan fingerprint density at radius 3 is 2.69 bits per heavy atom. The molecule has 2 nitrogen and oxygen atoms in total. The maximum Gasteiger partial charge on any atom is 0.129 e. The van der Waals surface area contributed by atoms with Crippen molar-refractivity contribution in [3.8, 4) is 0 Å². The number of methoxy groups -OCH3 is 1. The Morgan fingerprint density at radius 2 is 2.12 bits per heavy atom. The fourth-order valence-electron chi connectivity index (χ4n) is 2.03. The molecule has 16 heavy (non-hydrogen) atoms. The summed E-state index contributed by atoms with van der Waals surface area (Å²) in [6.45, 7) is 6.39. The minimum atomic E-state index is -0.959. The van der Waals surface area contributed by atoms with Crippen LogP contribution in [0.5, 0.6) is 0 Å². The highest BCUT2D eigenvalue weighted by Gasteiger charge is 2.17. The first-order valence-electron chi connectivity index (χ1n) is 5.97. The zero-order chi connectivity index (χ0) is 11.8. The first-order chi connectivity index (χ1) is 7.77. The van der Waals surface area contributed by atoms with Crippen molar-refractivity contribution < 1.29 is 9.13 Å². The lowest BCUT2D eigenvalue weighted by Crippen LogP contribution is -2.33. The summed E-state index contributed by atoms with van der Waals surface area (Å²) in [6.07, 6.45) is 6.30. The molecular weight excluding hydrogens is 205 g/mol. The number of piperidine rings is 1. The molecule has 0 aromatic carbocycles. The van der Waals surface area contributed by atoms with E-state index in [0.717, 1.165) is 18.7 Å². The van der Waals surface area contributed by atoms with Gasteiger partial charge >= 0.3 is 0 Å². The van der Waals surface area contributed by atoms with Crippen molar-refractivity contribution in [1.29, 1.82) is 0 Å². The van der Waals surface area contributed by atoms with E-state index in [2.05, 4.69) is 11.5 Å². The number of ether oxygens (including phenoxy) is 1. The summed E-state index contributed by atoms with van der Waals surface area (Å²) >= 11 is 0. The average Bonchev–Trinajstić information content (AvgIpc) is 2.30. The first-order valence-corrected chi connectivity index (χ1v) is 5.97. The molecule has 1 heterocycles. The van der Waals surface area contributed by atoms with Gasteiger partial charge in [-0.15, -0.1) is 6.58 Å². The monoisotopic (exact) mass is 227 g/mol. The van der Waals surface area contributed by atoms with Crippen LogP contribution < -0.4 is 0 Å². The van der Waals surface area contributed by atoms with Crippen molar-refractivity contribution in [3.63, 3.8) is 0 Å². The van der Waals surface area contributed by atoms with E-state index in [1.165, 1.54) is 19.3 Å². The molecule has 0 radical (unpaired) electrons. The molecule has 0 amide bonds. The van der Waals surface area contributed by atoms with Gasteiger partial charge in [0.15, 0.2) is 0 Å². The Kier molecular flexibility index (Phi) is 6.16. The molecule has 0 N–H and O–H groups in total. The molecule has 0 aromatic heterocycles. The predicted molar refractivity (Wildman–Crippen MR) is 65.1 cm³/mol. The molecule has 1 aliphatic rings. The standard InChI is InChI=1S/C13H22FNO/c1-3-7-13(14)12(11-16-2)10-15-8-5-4-6-9-15/h3,11,13H,1,4-10H2,2H3/b12-11+. The van der Waals surface area contributed by atoms with E-state index in [-0.39, 0.29) is 0 Å². The second-order valence-corrected chi connectivity index (χ2v) is 4.26. The average molecular weight is 227 g/mol. The second kappa shape index (κ2) is 7.44. The predicted octanol–water partition coefficient (Wildman–Crippen LogP) is 2.92. The van der Waals surface area contributed by atoms with Crippen LogP contribution in [-0.2, 0) is 4.74 Å². The summed E-state index contributed by atoms with van der Waals surface area (Å²) in [6, 6.07) is 0. The topological polar surface area (TPSA) is 12.5 Å². The summed E-state index contributed by atoms with van der Waals surface area (Å²) in [5.41, 5.74) is 0.726. The van der Waals surface area contributed by atoms with Crippen molar-refractivity contribution in [2.24, 2.45) is 0 Å². The minimum Gasteiger partial charge on any atom is -0.504 e. The maximum atomic E-state index is 13.8. The molecular formula is C13H22FNO. The Morgan fingerprint density at radius 1 is 1.44 bits per heavy atom. The smallest absolute Gasteiger partial charge is 0.129 e. The number of rotatable bonds is 6. The van der Waals surface area contributed by atoms with E-state index in [9.17, 15) is 4.39 Å². The minimum absolute atomic E-state index is 0.364. The van der Waals surface area contributed by atoms with Gasteiger partial charge in [-0.25, -0.2) is 4.39 Å². The van der Waals surface area contributed by atoms with E-state index in [1.54, 1.807) is 19.4 Å². The van der Waals surface area contributed by atoms with Crippen LogP contribution in [0.3, 0.4) is 0 Å². The lowest BCUT2D eigenvalue weighted by Gasteiger charge is -2.28. The lowest BCUT2D eigenvalue weighted by atomic mass is 10.1. The third-order valence-corrected chi connectivity index (χ3v) is 2.90. The lowest BCUT2D eigenvalue weighted by molar-refractivity contribution is 0.224. The highest BCUT2D eigenvalue weighted by molar-refractivity contribution is 5.09. The van der Waals surface area contributed by atoms with Gasteiger partial charge in [0.2, 0.25) is 0 Å². The molecule has 1 saturated heterocycles. The van der Waals surface area contributed by atoms with Gasteiger partial charge in [0, 0.05) is 18.5 Å². The Balaban J connectivity index is 2.49. The molecule has 0 aromatic rings. The summed E-state index contributed by atoms with van der Waals surface area (Å²) in [5.74, 6) is 0. The van der Waals surface area contributed by atoms with E-state index < -0.39 is 6.17 Å². The van der Waals surface area contributed by atoms with Crippen LogP contribution in [0, 0.1) is 0 Å². The van der Waals surface area contributed by atoms with E-state index >= 15 is 0 Å². The van der Waals surface area contributed by atoms with Gasteiger partial charge in [-0.1, -0.05) is 12.5 Å². The van der Waals surface area contributed by atoms with Crippen molar-refractivity contribution in [2.75, 3.05) is 26.7 Å². The number of likely N-dealkylation sites (tertiary alicyclic amines) is 1. The van der Waals surface area contributed by atoms with Crippen LogP contribution in [0.1, 0.15) is 25.7 Å². The third kappa shape index (κ3) is 4.35. The highest BCUT2D eigenvalue weighted by Crippen LogP contribution is 2.16. The molecule has 0 spiro atoms. The summed E-state index contributed by atoms with van der Waals surface area (Å²) in [4.78, 5) is 2.30. The van der Waals surface area contributed by atoms with E-state index in [1.807, 2.05) is 0 Å². The van der Waals surface area contributed by atoms with Gasteiger partial charge in [0.25, 0.3) is 0 Å². The van der Waals surface area contributed by atoms with Gasteiger partial charge in [0.05, 0.1) is 13.4 Å². The van der Waals surface area contributed by atoms with Gasteiger partial charge in [0.1, 0.15) is 6.17 Å². The van der Waals surface area contributed by atoms with Crippen molar-refractivity contribution >= 4 is 0 Å². The molecule has 1 rings (SSSR count). The summed E-state index contributed by atoms with van der Waals surface area (Å²) in [5, 5.41) is 0. The van der Waals surface area contributed by atoms with Crippen LogP contribution in [0.25, 0.3) is 0 Å². The Labute approximate surface area is 97.8 Å². The highest BCUT2D eigenvalue weighted by atomic mass is 19.1. The van der Waals surface area contributed by atoms with Gasteiger partial charge in [-0.2, -0.15) is 0 Å². The normalized spacial score (nSPS) is 20.5. The fraction of sp³-hybridized carbons (Fsp3) is 0.692. The van der Waals surface area contributed by atoms with Gasteiger partial charge in [-0.3, -0.25) is 4.90 Å². The molecule has 3 heteroatoms. The second-order valence-electron chi connectivity index (χ2n) is 4.26. The van der Waals surface area contributed by atoms with Crippen LogP contribution in [0.2, 0.25) is 0 Å². The maximum absolute atomic E-state index is 13.8. The van der Waals surface area contributed by atoms with E-state index in [4.69, 9.17) is 4.74 Å². The first kappa shape index (κ1) is 13.2. The van der Waals surface area contributed by atoms with Crippen LogP contribution in [0.4, 0.5) is 4.39 Å². The molecule has 92 valence electrons. The fourth-order valence-corrected chi connectivity index (χ4v) is 2.03. The largest absolute Gasteiger partial charge is 0.504 e. The van der Waals surface area contributed by atoms with Gasteiger partial charge < -0.3 is 4.74 Å². The number of allylic oxidation sites excluding steroid dienone is 1. The number of alkyl halides is 1. The Hall–Kier alpha value is -0.830. The van der Waals surface area contributed by atoms with Crippen molar-refractivity contribution in [1.82, 2.24) is 4.90 Å². The zero-order valence-corrected chi connectivity index (χ0v) is 10.1. The zero-order valence-electron chi connectivity index (χ0n) is 10.1. The SMILES string of the molecule is C=CCC(F)/C(=C/OC)CN1CCCCC1. The molecule has 0 bridgehead atoms. The molecule has 1 unspecified atom stereocenters. The van der Waals surface area contributed by atoms with Crippen molar-refractivity contribution in [3.05, 3.63) is 24.5 Å². The summed E-state index contributed by atoms with van der Waals surface area (Å²) < 4.78 is 18.7. The number of halogens is 1. The van der Waals surface area contributed by atoms with Gasteiger partial charge in [-0.05, 0) is 25.9 Å². The molecule has 0 saturated carbocycles. The quantitative estimate of drug-likeness (QED) is 0.511. The number of hydrogen-bond donors (Lipinski definition) is 0.